The van der Waals surface area contributed by atoms with Crippen LogP contribution in [0.25, 0.3) is 0 Å². The van der Waals surface area contributed by atoms with Gasteiger partial charge < -0.3 is 10.0 Å². The van der Waals surface area contributed by atoms with Crippen LogP contribution in [0.4, 0.5) is 0 Å². The average molecular weight is 225 g/mol. The number of allylic oxidation sites excluding steroid dienone is 2. The van der Waals surface area contributed by atoms with Crippen molar-refractivity contribution in [1.82, 2.24) is 4.90 Å². The Hall–Kier alpha value is -0.830. The van der Waals surface area contributed by atoms with Crippen LogP contribution in [-0.4, -0.2) is 35.1 Å². The van der Waals surface area contributed by atoms with E-state index in [9.17, 15) is 4.79 Å². The first-order valence-corrected chi connectivity index (χ1v) is 6.30. The molecule has 92 valence electrons. The molecule has 0 aromatic heterocycles. The molecule has 0 saturated carbocycles. The predicted octanol–water partition coefficient (Wildman–Crippen LogP) is 1.96. The van der Waals surface area contributed by atoms with E-state index in [2.05, 4.69) is 26.0 Å². The van der Waals surface area contributed by atoms with E-state index in [1.165, 1.54) is 0 Å². The fraction of sp³-hybridized carbons (Fsp3) is 0.769. The van der Waals surface area contributed by atoms with Gasteiger partial charge in [-0.2, -0.15) is 0 Å². The van der Waals surface area contributed by atoms with Gasteiger partial charge >= 0.3 is 0 Å². The van der Waals surface area contributed by atoms with Crippen molar-refractivity contribution in [2.24, 2.45) is 5.92 Å². The lowest BCUT2D eigenvalue weighted by Crippen LogP contribution is -2.44. The Morgan fingerprint density at radius 1 is 1.38 bits per heavy atom. The van der Waals surface area contributed by atoms with Gasteiger partial charge in [-0.1, -0.05) is 26.0 Å². The van der Waals surface area contributed by atoms with E-state index in [0.717, 1.165) is 25.7 Å². The summed E-state index contributed by atoms with van der Waals surface area (Å²) in [5.41, 5.74) is 0. The van der Waals surface area contributed by atoms with E-state index in [1.54, 1.807) is 0 Å². The molecule has 1 aliphatic carbocycles. The van der Waals surface area contributed by atoms with Gasteiger partial charge in [-0.3, -0.25) is 4.79 Å². The normalized spacial score (nSPS) is 16.0. The van der Waals surface area contributed by atoms with Gasteiger partial charge in [-0.05, 0) is 25.7 Å². The summed E-state index contributed by atoms with van der Waals surface area (Å²) in [6.07, 6.45) is 7.80. The van der Waals surface area contributed by atoms with Crippen molar-refractivity contribution < 1.29 is 9.90 Å². The SMILES string of the molecule is CCC(CC)N(CCO)C(=O)C1CC=CC1. The molecule has 1 N–H and O–H groups in total. The first kappa shape index (κ1) is 13.2. The van der Waals surface area contributed by atoms with Crippen molar-refractivity contribution in [1.29, 1.82) is 0 Å². The Labute approximate surface area is 98.1 Å². The van der Waals surface area contributed by atoms with E-state index in [0.29, 0.717) is 6.54 Å². The highest BCUT2D eigenvalue weighted by Gasteiger charge is 2.27. The van der Waals surface area contributed by atoms with Gasteiger partial charge in [0.1, 0.15) is 0 Å². The standard InChI is InChI=1S/C13H23NO2/c1-3-12(4-2)14(9-10-15)13(16)11-7-5-6-8-11/h5-6,11-12,15H,3-4,7-10H2,1-2H3. The lowest BCUT2D eigenvalue weighted by atomic mass is 10.0. The van der Waals surface area contributed by atoms with Crippen molar-refractivity contribution in [2.75, 3.05) is 13.2 Å². The van der Waals surface area contributed by atoms with Gasteiger partial charge in [0.15, 0.2) is 0 Å². The summed E-state index contributed by atoms with van der Waals surface area (Å²) in [5.74, 6) is 0.333. The number of nitrogens with zero attached hydrogens (tertiary/aromatic N) is 1. The first-order chi connectivity index (χ1) is 7.74. The molecule has 0 aliphatic heterocycles. The highest BCUT2D eigenvalue weighted by molar-refractivity contribution is 5.80. The van der Waals surface area contributed by atoms with Crippen LogP contribution in [0.3, 0.4) is 0 Å². The number of carbonyl (C=O) groups is 1. The van der Waals surface area contributed by atoms with Gasteiger partial charge in [0.25, 0.3) is 0 Å². The summed E-state index contributed by atoms with van der Waals surface area (Å²) in [4.78, 5) is 14.1. The molecule has 0 heterocycles. The van der Waals surface area contributed by atoms with Crippen LogP contribution < -0.4 is 0 Å². The third-order valence-corrected chi connectivity index (χ3v) is 3.36. The molecule has 16 heavy (non-hydrogen) atoms. The Morgan fingerprint density at radius 3 is 2.38 bits per heavy atom. The number of amides is 1. The Balaban J connectivity index is 2.63. The molecular formula is C13H23NO2. The molecule has 1 rings (SSSR count). The number of hydrogen-bond acceptors (Lipinski definition) is 2. The second-order valence-corrected chi connectivity index (χ2v) is 4.37. The quantitative estimate of drug-likeness (QED) is 0.702. The number of hydrogen-bond donors (Lipinski definition) is 1. The molecule has 1 aliphatic rings. The maximum atomic E-state index is 12.3. The fourth-order valence-electron chi connectivity index (χ4n) is 2.36. The summed E-state index contributed by atoms with van der Waals surface area (Å²) in [5, 5.41) is 9.06. The van der Waals surface area contributed by atoms with Gasteiger partial charge in [0, 0.05) is 18.5 Å². The van der Waals surface area contributed by atoms with Crippen LogP contribution in [0.2, 0.25) is 0 Å². The van der Waals surface area contributed by atoms with E-state index >= 15 is 0 Å². The second kappa shape index (κ2) is 6.69. The zero-order valence-corrected chi connectivity index (χ0v) is 10.4. The summed E-state index contributed by atoms with van der Waals surface area (Å²) in [6, 6.07) is 0.278. The van der Waals surface area contributed by atoms with E-state index in [4.69, 9.17) is 5.11 Å². The van der Waals surface area contributed by atoms with Crippen molar-refractivity contribution in [2.45, 2.75) is 45.6 Å². The lowest BCUT2D eigenvalue weighted by molar-refractivity contribution is -0.138. The molecule has 0 spiro atoms. The van der Waals surface area contributed by atoms with E-state index < -0.39 is 0 Å². The largest absolute Gasteiger partial charge is 0.395 e. The van der Waals surface area contributed by atoms with Crippen LogP contribution >= 0.6 is 0 Å². The van der Waals surface area contributed by atoms with Crippen LogP contribution in [-0.2, 0) is 4.79 Å². The number of aliphatic hydroxyl groups is 1. The second-order valence-electron chi connectivity index (χ2n) is 4.37. The molecule has 0 bridgehead atoms. The predicted molar refractivity (Wildman–Crippen MR) is 65.0 cm³/mol. The van der Waals surface area contributed by atoms with Crippen molar-refractivity contribution >= 4 is 5.91 Å². The van der Waals surface area contributed by atoms with Crippen molar-refractivity contribution in [3.05, 3.63) is 12.2 Å². The Kier molecular flexibility index (Phi) is 5.53. The van der Waals surface area contributed by atoms with Crippen LogP contribution in [0.15, 0.2) is 12.2 Å². The summed E-state index contributed by atoms with van der Waals surface area (Å²) < 4.78 is 0. The highest BCUT2D eigenvalue weighted by Crippen LogP contribution is 2.22. The van der Waals surface area contributed by atoms with Gasteiger partial charge in [-0.15, -0.1) is 0 Å². The third kappa shape index (κ3) is 3.08. The summed E-state index contributed by atoms with van der Waals surface area (Å²) in [6.45, 7) is 4.72. The molecule has 3 heteroatoms. The first-order valence-electron chi connectivity index (χ1n) is 6.30. The van der Waals surface area contributed by atoms with Gasteiger partial charge in [0.2, 0.25) is 5.91 Å². The van der Waals surface area contributed by atoms with Crippen LogP contribution in [0.5, 0.6) is 0 Å². The molecule has 0 unspecified atom stereocenters. The maximum Gasteiger partial charge on any atom is 0.226 e. The minimum atomic E-state index is 0.0579. The monoisotopic (exact) mass is 225 g/mol. The third-order valence-electron chi connectivity index (χ3n) is 3.36. The van der Waals surface area contributed by atoms with E-state index in [-0.39, 0.29) is 24.5 Å². The molecule has 0 aromatic rings. The van der Waals surface area contributed by atoms with Gasteiger partial charge in [0.05, 0.1) is 6.61 Å². The Bertz CT molecular complexity index is 238. The maximum absolute atomic E-state index is 12.3. The molecule has 0 saturated heterocycles. The molecule has 0 atom stereocenters. The topological polar surface area (TPSA) is 40.5 Å². The zero-order valence-electron chi connectivity index (χ0n) is 10.4. The van der Waals surface area contributed by atoms with Crippen LogP contribution in [0, 0.1) is 5.92 Å². The highest BCUT2D eigenvalue weighted by atomic mass is 16.3. The fourth-order valence-corrected chi connectivity index (χ4v) is 2.36. The lowest BCUT2D eigenvalue weighted by Gasteiger charge is -2.32. The summed E-state index contributed by atoms with van der Waals surface area (Å²) in [7, 11) is 0. The Morgan fingerprint density at radius 2 is 1.94 bits per heavy atom. The summed E-state index contributed by atoms with van der Waals surface area (Å²) >= 11 is 0. The van der Waals surface area contributed by atoms with Gasteiger partial charge in [-0.25, -0.2) is 0 Å². The zero-order chi connectivity index (χ0) is 12.0. The van der Waals surface area contributed by atoms with Crippen molar-refractivity contribution in [3.8, 4) is 0 Å². The van der Waals surface area contributed by atoms with E-state index in [1.807, 2.05) is 4.90 Å². The van der Waals surface area contributed by atoms with Crippen molar-refractivity contribution in [3.63, 3.8) is 0 Å². The number of carbonyl (C=O) groups excluding carboxylic acids is 1. The smallest absolute Gasteiger partial charge is 0.226 e. The minimum absolute atomic E-state index is 0.0579. The number of rotatable bonds is 6. The molecule has 0 radical (unpaired) electrons. The molecule has 1 amide bonds. The molecular weight excluding hydrogens is 202 g/mol. The number of aliphatic hydroxyl groups excluding tert-OH is 1. The molecule has 0 fully saturated rings. The minimum Gasteiger partial charge on any atom is -0.395 e. The van der Waals surface area contributed by atoms with Crippen LogP contribution in [0.1, 0.15) is 39.5 Å². The average Bonchev–Trinajstić information content (AvgIpc) is 2.82. The molecule has 3 nitrogen and oxygen atoms in total. The molecule has 0 aromatic carbocycles.